The second kappa shape index (κ2) is 8.35. The van der Waals surface area contributed by atoms with E-state index in [1.807, 2.05) is 24.3 Å². The molecule has 0 spiro atoms. The second-order valence-corrected chi connectivity index (χ2v) is 9.25. The van der Waals surface area contributed by atoms with E-state index in [-0.39, 0.29) is 10.7 Å². The number of nitrogens with one attached hydrogen (secondary N) is 1. The van der Waals surface area contributed by atoms with Crippen LogP contribution in [0.3, 0.4) is 0 Å². The number of anilines is 2. The van der Waals surface area contributed by atoms with Crippen molar-refractivity contribution in [2.75, 3.05) is 16.2 Å². The lowest BCUT2D eigenvalue weighted by Gasteiger charge is -2.30. The van der Waals surface area contributed by atoms with Crippen molar-refractivity contribution in [1.29, 1.82) is 0 Å². The van der Waals surface area contributed by atoms with E-state index in [9.17, 15) is 18.0 Å². The second-order valence-electron chi connectivity index (χ2n) is 7.39. The summed E-state index contributed by atoms with van der Waals surface area (Å²) in [5.41, 5.74) is 2.85. The van der Waals surface area contributed by atoms with Crippen molar-refractivity contribution in [3.05, 3.63) is 89.5 Å². The minimum Gasteiger partial charge on any atom is -0.321 e. The minimum absolute atomic E-state index is 0.130. The predicted octanol–water partition coefficient (Wildman–Crippen LogP) is 4.28. The number of amides is 1. The number of benzene rings is 3. The summed E-state index contributed by atoms with van der Waals surface area (Å²) in [6, 6.07) is 20.1. The molecule has 0 saturated heterocycles. The Morgan fingerprint density at radius 2 is 1.58 bits per heavy atom. The average Bonchev–Trinajstić information content (AvgIpc) is 2.79. The number of hydrogen-bond donors (Lipinski definition) is 1. The highest BCUT2D eigenvalue weighted by Gasteiger charge is 2.29. The van der Waals surface area contributed by atoms with Crippen LogP contribution >= 0.6 is 0 Å². The lowest BCUT2D eigenvalue weighted by Crippen LogP contribution is -2.35. The van der Waals surface area contributed by atoms with E-state index in [2.05, 4.69) is 5.32 Å². The summed E-state index contributed by atoms with van der Waals surface area (Å²) in [6.07, 6.45) is 1.61. The van der Waals surface area contributed by atoms with Gasteiger partial charge in [-0.25, -0.2) is 8.42 Å². The molecule has 7 heteroatoms. The molecule has 0 aliphatic carbocycles. The van der Waals surface area contributed by atoms with Gasteiger partial charge in [-0.3, -0.25) is 13.9 Å². The van der Waals surface area contributed by atoms with Gasteiger partial charge in [0.25, 0.3) is 15.9 Å². The predicted molar refractivity (Wildman–Crippen MR) is 120 cm³/mol. The van der Waals surface area contributed by atoms with Crippen LogP contribution in [0.5, 0.6) is 0 Å². The molecule has 31 heavy (non-hydrogen) atoms. The molecular formula is C24H22N2O4S. The number of nitrogens with zero attached hydrogens (tertiary/aromatic N) is 1. The highest BCUT2D eigenvalue weighted by Crippen LogP contribution is 2.31. The molecule has 158 valence electrons. The Morgan fingerprint density at radius 1 is 0.903 bits per heavy atom. The molecule has 3 aromatic carbocycles. The Morgan fingerprint density at radius 3 is 2.32 bits per heavy atom. The molecule has 1 amide bonds. The maximum Gasteiger partial charge on any atom is 0.264 e. The molecule has 0 fully saturated rings. The van der Waals surface area contributed by atoms with Crippen LogP contribution in [0.15, 0.2) is 77.7 Å². The largest absolute Gasteiger partial charge is 0.321 e. The van der Waals surface area contributed by atoms with Crippen LogP contribution < -0.4 is 9.62 Å². The summed E-state index contributed by atoms with van der Waals surface area (Å²) in [5, 5.41) is 2.72. The van der Waals surface area contributed by atoms with Crippen LogP contribution in [-0.4, -0.2) is 26.7 Å². The Kier molecular flexibility index (Phi) is 5.61. The quantitative estimate of drug-likeness (QED) is 0.608. The molecule has 1 aliphatic rings. The van der Waals surface area contributed by atoms with Gasteiger partial charge in [-0.05, 0) is 67.8 Å². The number of fused-ring (bicyclic) bond motifs is 1. The fourth-order valence-corrected chi connectivity index (χ4v) is 5.29. The number of carbonyl (C=O) groups is 2. The van der Waals surface area contributed by atoms with Crippen LogP contribution in [0.1, 0.15) is 39.6 Å². The van der Waals surface area contributed by atoms with Gasteiger partial charge in [0.2, 0.25) is 0 Å². The van der Waals surface area contributed by atoms with E-state index >= 15 is 0 Å². The van der Waals surface area contributed by atoms with Gasteiger partial charge >= 0.3 is 0 Å². The molecule has 0 atom stereocenters. The topological polar surface area (TPSA) is 83.5 Å². The number of hydrogen-bond acceptors (Lipinski definition) is 4. The monoisotopic (exact) mass is 434 g/mol. The lowest BCUT2D eigenvalue weighted by atomic mass is 10.0. The lowest BCUT2D eigenvalue weighted by molar-refractivity contribution is 0.101. The van der Waals surface area contributed by atoms with Crippen LogP contribution in [0.4, 0.5) is 11.4 Å². The molecule has 0 aromatic heterocycles. The van der Waals surface area contributed by atoms with Crippen molar-refractivity contribution >= 4 is 33.1 Å². The zero-order valence-corrected chi connectivity index (χ0v) is 17.9. The fourth-order valence-electron chi connectivity index (χ4n) is 3.75. The van der Waals surface area contributed by atoms with Gasteiger partial charge in [-0.1, -0.05) is 30.3 Å². The van der Waals surface area contributed by atoms with Gasteiger partial charge in [-0.15, -0.1) is 0 Å². The van der Waals surface area contributed by atoms with Crippen molar-refractivity contribution in [2.24, 2.45) is 0 Å². The van der Waals surface area contributed by atoms with Crippen LogP contribution in [0.2, 0.25) is 0 Å². The minimum atomic E-state index is -3.74. The van der Waals surface area contributed by atoms with Gasteiger partial charge < -0.3 is 5.32 Å². The van der Waals surface area contributed by atoms with Gasteiger partial charge in [0, 0.05) is 17.7 Å². The summed E-state index contributed by atoms with van der Waals surface area (Å²) in [7, 11) is -3.74. The van der Waals surface area contributed by atoms with Crippen LogP contribution in [-0.2, 0) is 16.4 Å². The molecular weight excluding hydrogens is 412 g/mol. The summed E-state index contributed by atoms with van der Waals surface area (Å²) >= 11 is 0. The molecule has 0 bridgehead atoms. The third kappa shape index (κ3) is 4.09. The highest BCUT2D eigenvalue weighted by atomic mass is 32.2. The maximum atomic E-state index is 13.2. The van der Waals surface area contributed by atoms with Crippen molar-refractivity contribution in [1.82, 2.24) is 0 Å². The Hall–Kier alpha value is -3.45. The van der Waals surface area contributed by atoms with E-state index in [1.54, 1.807) is 24.3 Å². The molecule has 1 N–H and O–H groups in total. The van der Waals surface area contributed by atoms with E-state index in [0.29, 0.717) is 29.0 Å². The number of ketones is 1. The average molecular weight is 435 g/mol. The first-order chi connectivity index (χ1) is 14.9. The third-order valence-corrected chi connectivity index (χ3v) is 7.15. The SMILES string of the molecule is CC(=O)c1ccccc1NC(=O)c1ccc(S(=O)(=O)N2CCCc3ccccc32)cc1. The van der Waals surface area contributed by atoms with Crippen LogP contribution in [0, 0.1) is 0 Å². The van der Waals surface area contributed by atoms with Crippen molar-refractivity contribution in [3.63, 3.8) is 0 Å². The number of para-hydroxylation sites is 2. The van der Waals surface area contributed by atoms with Gasteiger partial charge in [0.05, 0.1) is 16.3 Å². The summed E-state index contributed by atoms with van der Waals surface area (Å²) < 4.78 is 27.9. The first kappa shape index (κ1) is 20.8. The molecule has 0 saturated carbocycles. The molecule has 1 aliphatic heterocycles. The standard InChI is InChI=1S/C24H22N2O4S/c1-17(27)21-9-3-4-10-22(21)25-24(28)19-12-14-20(15-13-19)31(29,30)26-16-6-8-18-7-2-5-11-23(18)26/h2-5,7,9-15H,6,8,16H2,1H3,(H,25,28). The third-order valence-electron chi connectivity index (χ3n) is 5.33. The Bertz CT molecular complexity index is 1250. The summed E-state index contributed by atoms with van der Waals surface area (Å²) in [6.45, 7) is 1.85. The van der Waals surface area contributed by atoms with Gasteiger partial charge in [0.15, 0.2) is 5.78 Å². The van der Waals surface area contributed by atoms with Crippen LogP contribution in [0.25, 0.3) is 0 Å². The number of rotatable bonds is 5. The number of Topliss-reactive ketones (excluding diaryl/α,β-unsaturated/α-hetero) is 1. The Labute approximate surface area is 181 Å². The summed E-state index contributed by atoms with van der Waals surface area (Å²) in [4.78, 5) is 24.5. The van der Waals surface area contributed by atoms with E-state index in [4.69, 9.17) is 0 Å². The van der Waals surface area contributed by atoms with Crippen molar-refractivity contribution < 1.29 is 18.0 Å². The zero-order chi connectivity index (χ0) is 22.0. The van der Waals surface area contributed by atoms with Crippen molar-refractivity contribution in [2.45, 2.75) is 24.7 Å². The molecule has 6 nitrogen and oxygen atoms in total. The molecule has 1 heterocycles. The molecule has 0 radical (unpaired) electrons. The van der Waals surface area contributed by atoms with Gasteiger partial charge in [0.1, 0.15) is 0 Å². The van der Waals surface area contributed by atoms with E-state index < -0.39 is 15.9 Å². The van der Waals surface area contributed by atoms with Gasteiger partial charge in [-0.2, -0.15) is 0 Å². The van der Waals surface area contributed by atoms with E-state index in [1.165, 1.54) is 35.5 Å². The first-order valence-corrected chi connectivity index (χ1v) is 11.4. The smallest absolute Gasteiger partial charge is 0.264 e. The maximum absolute atomic E-state index is 13.2. The molecule has 4 rings (SSSR count). The normalized spacial score (nSPS) is 13.4. The number of carbonyl (C=O) groups excluding carboxylic acids is 2. The van der Waals surface area contributed by atoms with Crippen molar-refractivity contribution in [3.8, 4) is 0 Å². The number of sulfonamides is 1. The fraction of sp³-hybridized carbons (Fsp3) is 0.167. The van der Waals surface area contributed by atoms with E-state index in [0.717, 1.165) is 18.4 Å². The Balaban J connectivity index is 1.57. The molecule has 3 aromatic rings. The zero-order valence-electron chi connectivity index (χ0n) is 17.0. The highest BCUT2D eigenvalue weighted by molar-refractivity contribution is 7.92. The first-order valence-electron chi connectivity index (χ1n) is 10.00. The number of aryl methyl sites for hydroxylation is 1. The molecule has 0 unspecified atom stereocenters. The summed E-state index contributed by atoms with van der Waals surface area (Å²) in [5.74, 6) is -0.569.